The molecule has 0 atom stereocenters. The molecule has 21 heavy (non-hydrogen) atoms. The lowest BCUT2D eigenvalue weighted by molar-refractivity contribution is 0.712. The molecule has 0 aliphatic rings. The van der Waals surface area contributed by atoms with Crippen molar-refractivity contribution < 1.29 is 0 Å². The monoisotopic (exact) mass is 277 g/mol. The van der Waals surface area contributed by atoms with Crippen LogP contribution >= 0.6 is 0 Å². The summed E-state index contributed by atoms with van der Waals surface area (Å²) in [7, 11) is 0. The Morgan fingerprint density at radius 2 is 1.76 bits per heavy atom. The molecule has 0 aliphatic heterocycles. The molecule has 1 aromatic carbocycles. The van der Waals surface area contributed by atoms with E-state index < -0.39 is 0 Å². The predicted octanol–water partition coefficient (Wildman–Crippen LogP) is 3.86. The topological polar surface area (TPSA) is 30.7 Å². The second-order valence-corrected chi connectivity index (χ2v) is 5.10. The molecule has 0 unspecified atom stereocenters. The molecular formula is C18H19N3. The van der Waals surface area contributed by atoms with Gasteiger partial charge in [-0.05, 0) is 24.6 Å². The first kappa shape index (κ1) is 13.6. The molecule has 2 heterocycles. The van der Waals surface area contributed by atoms with E-state index in [1.807, 2.05) is 30.5 Å². The zero-order valence-corrected chi connectivity index (χ0v) is 12.5. The first-order chi connectivity index (χ1) is 10.3. The van der Waals surface area contributed by atoms with Crippen LogP contribution in [0.5, 0.6) is 0 Å². The van der Waals surface area contributed by atoms with Crippen molar-refractivity contribution in [1.29, 1.82) is 0 Å². The molecule has 2 aromatic heterocycles. The van der Waals surface area contributed by atoms with Crippen LogP contribution in [-0.4, -0.2) is 14.5 Å². The fraction of sp³-hybridized carbons (Fsp3) is 0.222. The molecule has 0 aliphatic carbocycles. The molecule has 0 radical (unpaired) electrons. The second kappa shape index (κ2) is 5.92. The van der Waals surface area contributed by atoms with Crippen LogP contribution in [0.1, 0.15) is 24.0 Å². The van der Waals surface area contributed by atoms with Gasteiger partial charge in [-0.15, -0.1) is 0 Å². The van der Waals surface area contributed by atoms with E-state index in [0.29, 0.717) is 0 Å². The van der Waals surface area contributed by atoms with Crippen molar-refractivity contribution in [2.45, 2.75) is 26.8 Å². The van der Waals surface area contributed by atoms with E-state index in [0.717, 1.165) is 30.2 Å². The maximum absolute atomic E-state index is 4.80. The van der Waals surface area contributed by atoms with Crippen molar-refractivity contribution in [1.82, 2.24) is 14.5 Å². The number of pyridine rings is 1. The van der Waals surface area contributed by atoms with Crippen molar-refractivity contribution in [3.8, 4) is 11.4 Å². The van der Waals surface area contributed by atoms with Crippen molar-refractivity contribution in [2.75, 3.05) is 0 Å². The van der Waals surface area contributed by atoms with Crippen molar-refractivity contribution in [3.63, 3.8) is 0 Å². The van der Waals surface area contributed by atoms with Crippen molar-refractivity contribution in [3.05, 3.63) is 71.8 Å². The third kappa shape index (κ3) is 2.72. The van der Waals surface area contributed by atoms with Crippen LogP contribution in [-0.2, 0) is 13.0 Å². The largest absolute Gasteiger partial charge is 0.327 e. The highest BCUT2D eigenvalue weighted by molar-refractivity contribution is 5.57. The molecule has 0 saturated heterocycles. The zero-order chi connectivity index (χ0) is 14.7. The molecule has 106 valence electrons. The Morgan fingerprint density at radius 1 is 1.00 bits per heavy atom. The molecule has 0 amide bonds. The van der Waals surface area contributed by atoms with E-state index in [9.17, 15) is 0 Å². The summed E-state index contributed by atoms with van der Waals surface area (Å²) in [5.74, 6) is 1.11. The Hall–Kier alpha value is -2.42. The van der Waals surface area contributed by atoms with Crippen LogP contribution in [0.3, 0.4) is 0 Å². The zero-order valence-electron chi connectivity index (χ0n) is 12.5. The Bertz CT molecular complexity index is 715. The summed E-state index contributed by atoms with van der Waals surface area (Å²) >= 11 is 0. The number of nitrogens with zero attached hydrogens (tertiary/aromatic N) is 3. The Morgan fingerprint density at radius 3 is 2.43 bits per heavy atom. The van der Waals surface area contributed by atoms with E-state index in [2.05, 4.69) is 47.7 Å². The van der Waals surface area contributed by atoms with E-state index in [-0.39, 0.29) is 0 Å². The molecule has 3 aromatic rings. The minimum atomic E-state index is 0.857. The van der Waals surface area contributed by atoms with Gasteiger partial charge >= 0.3 is 0 Å². The summed E-state index contributed by atoms with van der Waals surface area (Å²) in [6.07, 6.45) is 2.73. The second-order valence-electron chi connectivity index (χ2n) is 5.10. The number of aromatic nitrogens is 3. The average Bonchev–Trinajstić information content (AvgIpc) is 2.86. The summed E-state index contributed by atoms with van der Waals surface area (Å²) in [4.78, 5) is 9.22. The first-order valence-corrected chi connectivity index (χ1v) is 7.31. The Kier molecular flexibility index (Phi) is 3.82. The van der Waals surface area contributed by atoms with Gasteiger partial charge in [0.2, 0.25) is 0 Å². The summed E-state index contributed by atoms with van der Waals surface area (Å²) < 4.78 is 2.29. The van der Waals surface area contributed by atoms with Gasteiger partial charge in [0.15, 0.2) is 0 Å². The lowest BCUT2D eigenvalue weighted by Crippen LogP contribution is -2.06. The Labute approximate surface area is 125 Å². The predicted molar refractivity (Wildman–Crippen MR) is 85.1 cm³/mol. The molecule has 0 N–H and O–H groups in total. The molecule has 0 saturated carbocycles. The SMILES string of the molecule is CCc1nc(-c2ccccn2)c(C)n1Cc1ccccc1. The van der Waals surface area contributed by atoms with Crippen LogP contribution in [0.15, 0.2) is 54.7 Å². The highest BCUT2D eigenvalue weighted by atomic mass is 15.1. The molecule has 0 spiro atoms. The quantitative estimate of drug-likeness (QED) is 0.725. The van der Waals surface area contributed by atoms with E-state index >= 15 is 0 Å². The van der Waals surface area contributed by atoms with Gasteiger partial charge < -0.3 is 4.57 Å². The van der Waals surface area contributed by atoms with E-state index in [1.165, 1.54) is 11.3 Å². The standard InChI is InChI=1S/C18H19N3/c1-3-17-20-18(16-11-7-8-12-19-16)14(2)21(17)13-15-9-5-4-6-10-15/h4-12H,3,13H2,1-2H3. The van der Waals surface area contributed by atoms with Crippen LogP contribution in [0, 0.1) is 6.92 Å². The summed E-state index contributed by atoms with van der Waals surface area (Å²) in [5.41, 5.74) is 4.40. The van der Waals surface area contributed by atoms with Gasteiger partial charge in [-0.25, -0.2) is 4.98 Å². The van der Waals surface area contributed by atoms with E-state index in [1.54, 1.807) is 0 Å². The van der Waals surface area contributed by atoms with Gasteiger partial charge in [-0.3, -0.25) is 4.98 Å². The number of rotatable bonds is 4. The van der Waals surface area contributed by atoms with Crippen LogP contribution in [0.25, 0.3) is 11.4 Å². The van der Waals surface area contributed by atoms with Gasteiger partial charge in [0.05, 0.1) is 5.69 Å². The first-order valence-electron chi connectivity index (χ1n) is 7.31. The highest BCUT2D eigenvalue weighted by Crippen LogP contribution is 2.23. The maximum atomic E-state index is 4.80. The highest BCUT2D eigenvalue weighted by Gasteiger charge is 2.14. The summed E-state index contributed by atoms with van der Waals surface area (Å²) in [6, 6.07) is 16.5. The van der Waals surface area contributed by atoms with Crippen LogP contribution in [0.2, 0.25) is 0 Å². The number of imidazole rings is 1. The molecular weight excluding hydrogens is 258 g/mol. The molecule has 0 bridgehead atoms. The minimum Gasteiger partial charge on any atom is -0.327 e. The summed E-state index contributed by atoms with van der Waals surface area (Å²) in [6.45, 7) is 5.13. The van der Waals surface area contributed by atoms with Gasteiger partial charge in [-0.2, -0.15) is 0 Å². The molecule has 3 heteroatoms. The normalized spacial score (nSPS) is 10.8. The van der Waals surface area contributed by atoms with Gasteiger partial charge in [0.1, 0.15) is 11.5 Å². The van der Waals surface area contributed by atoms with E-state index in [4.69, 9.17) is 4.98 Å². The number of aryl methyl sites for hydroxylation is 1. The number of hydrogen-bond acceptors (Lipinski definition) is 2. The lowest BCUT2D eigenvalue weighted by atomic mass is 10.2. The Balaban J connectivity index is 2.03. The third-order valence-electron chi connectivity index (χ3n) is 3.71. The molecule has 0 fully saturated rings. The lowest BCUT2D eigenvalue weighted by Gasteiger charge is -2.09. The van der Waals surface area contributed by atoms with Crippen molar-refractivity contribution in [2.24, 2.45) is 0 Å². The van der Waals surface area contributed by atoms with Gasteiger partial charge in [0, 0.05) is 24.9 Å². The number of benzene rings is 1. The summed E-state index contributed by atoms with van der Waals surface area (Å²) in [5, 5.41) is 0. The smallest absolute Gasteiger partial charge is 0.110 e. The minimum absolute atomic E-state index is 0.857. The molecule has 3 rings (SSSR count). The third-order valence-corrected chi connectivity index (χ3v) is 3.71. The average molecular weight is 277 g/mol. The maximum Gasteiger partial charge on any atom is 0.110 e. The van der Waals surface area contributed by atoms with Gasteiger partial charge in [-0.1, -0.05) is 43.3 Å². The molecule has 3 nitrogen and oxygen atoms in total. The van der Waals surface area contributed by atoms with Crippen molar-refractivity contribution >= 4 is 0 Å². The fourth-order valence-corrected chi connectivity index (χ4v) is 2.58. The number of hydrogen-bond donors (Lipinski definition) is 0. The fourth-order valence-electron chi connectivity index (χ4n) is 2.58. The van der Waals surface area contributed by atoms with Gasteiger partial charge in [0.25, 0.3) is 0 Å². The van der Waals surface area contributed by atoms with Crippen LogP contribution < -0.4 is 0 Å². The van der Waals surface area contributed by atoms with Crippen LogP contribution in [0.4, 0.5) is 0 Å².